The number of rotatable bonds is 4. The molecule has 0 spiro atoms. The summed E-state index contributed by atoms with van der Waals surface area (Å²) in [6.45, 7) is 3.39. The van der Waals surface area contributed by atoms with E-state index in [2.05, 4.69) is 21.4 Å². The number of carbonyl (C=O) groups excluding carboxylic acids is 1. The molecule has 0 aliphatic heterocycles. The van der Waals surface area contributed by atoms with Crippen LogP contribution in [-0.2, 0) is 31.3 Å². The first kappa shape index (κ1) is 24.6. The van der Waals surface area contributed by atoms with E-state index in [1.165, 1.54) is 13.2 Å². The molecular formula is C21H17BF2N3OPt. The van der Waals surface area contributed by atoms with Gasteiger partial charge in [0.2, 0.25) is 0 Å². The molecule has 2 heterocycles. The molecule has 29 heavy (non-hydrogen) atoms. The van der Waals surface area contributed by atoms with Gasteiger partial charge in [0.1, 0.15) is 0 Å². The second kappa shape index (κ2) is 9.88. The first-order valence-corrected chi connectivity index (χ1v) is 8.29. The Morgan fingerprint density at radius 2 is 1.66 bits per heavy atom. The van der Waals surface area contributed by atoms with Crippen LogP contribution in [0, 0.1) is 17.7 Å². The van der Waals surface area contributed by atoms with Crippen molar-refractivity contribution in [2.45, 2.75) is 19.3 Å². The predicted octanol–water partition coefficient (Wildman–Crippen LogP) is 4.31. The van der Waals surface area contributed by atoms with Gasteiger partial charge < -0.3 is 10.1 Å². The van der Waals surface area contributed by atoms with E-state index in [4.69, 9.17) is 0 Å². The summed E-state index contributed by atoms with van der Waals surface area (Å²) in [5.41, 5.74) is 0.123. The van der Waals surface area contributed by atoms with Crippen LogP contribution in [0.1, 0.15) is 19.5 Å². The van der Waals surface area contributed by atoms with Crippen LogP contribution in [0.4, 0.5) is 8.78 Å². The number of pyridine rings is 2. The second-order valence-corrected chi connectivity index (χ2v) is 6.49. The molecular weight excluding hydrogens is 554 g/mol. The molecule has 3 radical (unpaired) electrons. The first-order chi connectivity index (χ1) is 12.8. The number of hydrogen-bond acceptors (Lipinski definition) is 3. The predicted molar refractivity (Wildman–Crippen MR) is 105 cm³/mol. The molecule has 0 fully saturated rings. The number of carbonyl (C=O) groups is 1. The van der Waals surface area contributed by atoms with E-state index in [1.807, 2.05) is 0 Å². The molecule has 0 saturated carbocycles. The molecule has 0 N–H and O–H groups in total. The van der Waals surface area contributed by atoms with Gasteiger partial charge in [0.15, 0.2) is 0 Å². The van der Waals surface area contributed by atoms with E-state index in [1.54, 1.807) is 50.2 Å². The van der Waals surface area contributed by atoms with Crippen LogP contribution in [0.15, 0.2) is 48.7 Å². The summed E-state index contributed by atoms with van der Waals surface area (Å²) in [5.74, 6) is -1.89. The molecule has 1 amide bonds. The van der Waals surface area contributed by atoms with Crippen molar-refractivity contribution in [1.82, 2.24) is 9.97 Å². The van der Waals surface area contributed by atoms with E-state index in [0.29, 0.717) is 11.4 Å². The van der Waals surface area contributed by atoms with Crippen LogP contribution in [0.2, 0.25) is 0 Å². The van der Waals surface area contributed by atoms with E-state index in [-0.39, 0.29) is 52.2 Å². The van der Waals surface area contributed by atoms with Gasteiger partial charge in [-0.05, 0) is 26.0 Å². The molecule has 0 atom stereocenters. The van der Waals surface area contributed by atoms with Crippen molar-refractivity contribution in [3.05, 3.63) is 77.4 Å². The monoisotopic (exact) mass is 571 g/mol. The minimum Gasteiger partial charge on any atom is -0.655 e. The van der Waals surface area contributed by atoms with E-state index in [0.717, 1.165) is 6.07 Å². The molecule has 3 aromatic rings. The Kier molecular flexibility index (Phi) is 8.40. The van der Waals surface area contributed by atoms with Crippen molar-refractivity contribution < 1.29 is 34.6 Å². The zero-order valence-corrected chi connectivity index (χ0v) is 18.3. The fourth-order valence-electron chi connectivity index (χ4n) is 2.69. The smallest absolute Gasteiger partial charge is 0.655 e. The standard InChI is InChI=1S/C21H18F2N3O.B.Pt/c1-21(2,20(27)24-3)19-9-6-8-18(26-19)14-11-13(15(22)12-16(14)23)17-7-4-5-10-25-17;;/h4-10,12H,1-3H3,(H,24,27);;/q-1;;+2/p-1. The summed E-state index contributed by atoms with van der Waals surface area (Å²) in [6, 6.07) is 13.5. The third kappa shape index (κ3) is 4.96. The van der Waals surface area contributed by atoms with Crippen molar-refractivity contribution in [1.29, 1.82) is 0 Å². The number of aromatic nitrogens is 2. The quantitative estimate of drug-likeness (QED) is 0.347. The Morgan fingerprint density at radius 1 is 1.03 bits per heavy atom. The average molecular weight is 571 g/mol. The SMILES string of the molecule is C[N-]C(=O)C(C)(C)c1cccc(-c2[c-]c(-c3ccccn3)c(F)cc2F)n1.[B].[Pt+2]. The van der Waals surface area contributed by atoms with Crippen LogP contribution < -0.4 is 0 Å². The Balaban J connectivity index is 0.00000210. The Labute approximate surface area is 185 Å². The topological polar surface area (TPSA) is 57.0 Å². The molecule has 8 heteroatoms. The van der Waals surface area contributed by atoms with Crippen molar-refractivity contribution >= 4 is 14.3 Å². The summed E-state index contributed by atoms with van der Waals surface area (Å²) >= 11 is 0. The number of amides is 1. The molecule has 2 aromatic heterocycles. The third-order valence-corrected chi connectivity index (χ3v) is 4.29. The van der Waals surface area contributed by atoms with Gasteiger partial charge in [-0.15, -0.1) is 13.1 Å². The van der Waals surface area contributed by atoms with Gasteiger partial charge in [0, 0.05) is 37.1 Å². The normalized spacial score (nSPS) is 10.5. The van der Waals surface area contributed by atoms with Gasteiger partial charge in [0.05, 0.1) is 17.5 Å². The van der Waals surface area contributed by atoms with Gasteiger partial charge in [-0.2, -0.15) is 0 Å². The Bertz CT molecular complexity index is 1000. The number of halogens is 2. The summed E-state index contributed by atoms with van der Waals surface area (Å²) in [6.07, 6.45) is 1.52. The van der Waals surface area contributed by atoms with Crippen LogP contribution in [0.25, 0.3) is 27.8 Å². The van der Waals surface area contributed by atoms with E-state index in [9.17, 15) is 13.6 Å². The summed E-state index contributed by atoms with van der Waals surface area (Å²) < 4.78 is 28.7. The van der Waals surface area contributed by atoms with Gasteiger partial charge in [-0.1, -0.05) is 41.5 Å². The van der Waals surface area contributed by atoms with Crippen LogP contribution >= 0.6 is 0 Å². The third-order valence-electron chi connectivity index (χ3n) is 4.29. The number of likely N-dealkylation sites (N-methyl/N-ethyl adjacent to an activating group) is 1. The van der Waals surface area contributed by atoms with Crippen molar-refractivity contribution in [2.24, 2.45) is 0 Å². The van der Waals surface area contributed by atoms with Crippen LogP contribution in [0.5, 0.6) is 0 Å². The molecule has 0 bridgehead atoms. The molecule has 1 aromatic carbocycles. The van der Waals surface area contributed by atoms with Gasteiger partial charge in [0.25, 0.3) is 0 Å². The van der Waals surface area contributed by atoms with Crippen molar-refractivity contribution in [3.8, 4) is 22.5 Å². The summed E-state index contributed by atoms with van der Waals surface area (Å²) in [5, 5.41) is 3.70. The minimum absolute atomic E-state index is 0. The second-order valence-electron chi connectivity index (χ2n) is 6.49. The van der Waals surface area contributed by atoms with Gasteiger partial charge in [-0.3, -0.25) is 18.7 Å². The minimum atomic E-state index is -0.967. The fourth-order valence-corrected chi connectivity index (χ4v) is 2.69. The van der Waals surface area contributed by atoms with Crippen molar-refractivity contribution in [3.63, 3.8) is 0 Å². The number of benzene rings is 1. The Morgan fingerprint density at radius 3 is 2.24 bits per heavy atom. The number of hydrogen-bond donors (Lipinski definition) is 0. The summed E-state index contributed by atoms with van der Waals surface area (Å²) in [4.78, 5) is 20.6. The fraction of sp³-hybridized carbons (Fsp3) is 0.190. The molecule has 3 rings (SSSR count). The maximum atomic E-state index is 14.5. The van der Waals surface area contributed by atoms with Gasteiger partial charge in [-0.25, -0.2) is 0 Å². The van der Waals surface area contributed by atoms with Gasteiger partial charge >= 0.3 is 21.1 Å². The maximum absolute atomic E-state index is 14.5. The Hall–Kier alpha value is -2.40. The van der Waals surface area contributed by atoms with Crippen molar-refractivity contribution in [2.75, 3.05) is 7.05 Å². The number of nitrogens with zero attached hydrogens (tertiary/aromatic N) is 3. The zero-order valence-electron chi connectivity index (χ0n) is 16.0. The molecule has 0 aliphatic rings. The first-order valence-electron chi connectivity index (χ1n) is 8.29. The summed E-state index contributed by atoms with van der Waals surface area (Å²) in [7, 11) is 1.42. The van der Waals surface area contributed by atoms with Crippen LogP contribution in [0.3, 0.4) is 0 Å². The molecule has 0 aliphatic carbocycles. The zero-order chi connectivity index (χ0) is 19.6. The largest absolute Gasteiger partial charge is 2.00 e. The average Bonchev–Trinajstić information content (AvgIpc) is 2.68. The molecule has 149 valence electrons. The van der Waals surface area contributed by atoms with E-state index >= 15 is 0 Å². The van der Waals surface area contributed by atoms with Crippen LogP contribution in [-0.4, -0.2) is 31.3 Å². The maximum Gasteiger partial charge on any atom is 2.00 e. The molecule has 0 saturated heterocycles. The molecule has 0 unspecified atom stereocenters. The molecule has 4 nitrogen and oxygen atoms in total. The van der Waals surface area contributed by atoms with E-state index < -0.39 is 17.0 Å².